The molecule has 2 aliphatic heterocycles. The van der Waals surface area contributed by atoms with Crippen LogP contribution in [0.2, 0.25) is 0 Å². The van der Waals surface area contributed by atoms with Crippen molar-refractivity contribution in [3.8, 4) is 11.5 Å². The predicted octanol–water partition coefficient (Wildman–Crippen LogP) is 3.04. The number of methoxy groups -OCH3 is 1. The Bertz CT molecular complexity index is 802. The van der Waals surface area contributed by atoms with Gasteiger partial charge in [0, 0.05) is 44.8 Å². The lowest BCUT2D eigenvalue weighted by Gasteiger charge is -2.37. The monoisotopic (exact) mass is 443 g/mol. The summed E-state index contributed by atoms with van der Waals surface area (Å²) in [5, 5.41) is 0. The third kappa shape index (κ3) is 6.48. The van der Waals surface area contributed by atoms with Crippen LogP contribution < -0.4 is 9.47 Å². The van der Waals surface area contributed by atoms with Crippen LogP contribution in [0.15, 0.2) is 24.3 Å². The Labute approximate surface area is 191 Å². The molecule has 2 heterocycles. The molecule has 176 valence electrons. The van der Waals surface area contributed by atoms with Crippen LogP contribution in [-0.4, -0.2) is 85.5 Å². The molecule has 1 atom stereocenters. The molecule has 0 aliphatic carbocycles. The van der Waals surface area contributed by atoms with Crippen LogP contribution in [0.25, 0.3) is 6.08 Å². The summed E-state index contributed by atoms with van der Waals surface area (Å²) in [6.45, 7) is 8.89. The number of piperidine rings is 1. The highest BCUT2D eigenvalue weighted by atomic mass is 16.5. The quantitative estimate of drug-likeness (QED) is 0.578. The number of piperazine rings is 1. The smallest absolute Gasteiger partial charge is 0.246 e. The van der Waals surface area contributed by atoms with Crippen molar-refractivity contribution in [1.29, 1.82) is 0 Å². The SMILES string of the molecule is CCCOc1ccc(/C=C/C(=O)N2CCN(CC(=O)N3CCCCC3C)CC2)cc1OC. The highest BCUT2D eigenvalue weighted by Crippen LogP contribution is 2.28. The Morgan fingerprint density at radius 1 is 1.09 bits per heavy atom. The Morgan fingerprint density at radius 3 is 2.56 bits per heavy atom. The van der Waals surface area contributed by atoms with E-state index in [-0.39, 0.29) is 11.8 Å². The normalized spacial score (nSPS) is 19.9. The second-order valence-corrected chi connectivity index (χ2v) is 8.63. The van der Waals surface area contributed by atoms with E-state index in [2.05, 4.69) is 18.7 Å². The molecule has 0 bridgehead atoms. The molecule has 0 aromatic heterocycles. The molecule has 2 fully saturated rings. The average Bonchev–Trinajstić information content (AvgIpc) is 2.82. The fourth-order valence-electron chi connectivity index (χ4n) is 4.27. The number of ether oxygens (including phenoxy) is 2. The van der Waals surface area contributed by atoms with Crippen molar-refractivity contribution in [1.82, 2.24) is 14.7 Å². The van der Waals surface area contributed by atoms with Gasteiger partial charge in [0.1, 0.15) is 0 Å². The van der Waals surface area contributed by atoms with Crippen molar-refractivity contribution in [3.05, 3.63) is 29.8 Å². The van der Waals surface area contributed by atoms with Gasteiger partial charge in [-0.25, -0.2) is 0 Å². The van der Waals surface area contributed by atoms with Crippen LogP contribution in [0.1, 0.15) is 45.1 Å². The zero-order valence-corrected chi connectivity index (χ0v) is 19.7. The molecule has 0 saturated carbocycles. The molecular formula is C25H37N3O4. The molecule has 7 nitrogen and oxygen atoms in total. The molecule has 2 aliphatic rings. The zero-order valence-electron chi connectivity index (χ0n) is 19.7. The molecule has 1 aromatic carbocycles. The summed E-state index contributed by atoms with van der Waals surface area (Å²) >= 11 is 0. The average molecular weight is 444 g/mol. The van der Waals surface area contributed by atoms with E-state index in [1.54, 1.807) is 13.2 Å². The van der Waals surface area contributed by atoms with E-state index in [9.17, 15) is 9.59 Å². The maximum absolute atomic E-state index is 12.7. The predicted molar refractivity (Wildman–Crippen MR) is 126 cm³/mol. The van der Waals surface area contributed by atoms with Gasteiger partial charge in [0.15, 0.2) is 11.5 Å². The number of hydrogen-bond acceptors (Lipinski definition) is 5. The van der Waals surface area contributed by atoms with E-state index in [1.807, 2.05) is 34.1 Å². The lowest BCUT2D eigenvalue weighted by molar-refractivity contribution is -0.136. The van der Waals surface area contributed by atoms with Crippen molar-refractivity contribution >= 4 is 17.9 Å². The standard InChI is InChI=1S/C25H37N3O4/c1-4-17-32-22-10-8-21(18-23(22)31-3)9-11-24(29)27-15-13-26(14-16-27)19-25(30)28-12-6-5-7-20(28)2/h8-11,18,20H,4-7,12-17,19H2,1-3H3/b11-9+. The maximum Gasteiger partial charge on any atom is 0.246 e. The van der Waals surface area contributed by atoms with Crippen LogP contribution in [0.5, 0.6) is 11.5 Å². The maximum atomic E-state index is 12.7. The van der Waals surface area contributed by atoms with E-state index >= 15 is 0 Å². The summed E-state index contributed by atoms with van der Waals surface area (Å²) in [6.07, 6.45) is 7.76. The number of amides is 2. The highest BCUT2D eigenvalue weighted by molar-refractivity contribution is 5.92. The molecule has 0 spiro atoms. The molecule has 2 amide bonds. The van der Waals surface area contributed by atoms with Crippen LogP contribution in [0.3, 0.4) is 0 Å². The first kappa shape index (κ1) is 24.1. The molecule has 0 radical (unpaired) electrons. The number of benzene rings is 1. The minimum Gasteiger partial charge on any atom is -0.493 e. The van der Waals surface area contributed by atoms with E-state index < -0.39 is 0 Å². The third-order valence-corrected chi connectivity index (χ3v) is 6.23. The van der Waals surface area contributed by atoms with Crippen LogP contribution in [0, 0.1) is 0 Å². The van der Waals surface area contributed by atoms with Gasteiger partial charge in [0.25, 0.3) is 0 Å². The Morgan fingerprint density at radius 2 is 1.88 bits per heavy atom. The van der Waals surface area contributed by atoms with Gasteiger partial charge >= 0.3 is 0 Å². The molecule has 1 unspecified atom stereocenters. The van der Waals surface area contributed by atoms with Gasteiger partial charge in [-0.1, -0.05) is 13.0 Å². The van der Waals surface area contributed by atoms with Gasteiger partial charge < -0.3 is 19.3 Å². The molecular weight excluding hydrogens is 406 g/mol. The van der Waals surface area contributed by atoms with Gasteiger partial charge in [-0.15, -0.1) is 0 Å². The van der Waals surface area contributed by atoms with E-state index in [0.29, 0.717) is 43.8 Å². The van der Waals surface area contributed by atoms with Gasteiger partial charge in [0.05, 0.1) is 20.3 Å². The second kappa shape index (κ2) is 11.9. The van der Waals surface area contributed by atoms with E-state index in [4.69, 9.17) is 9.47 Å². The largest absolute Gasteiger partial charge is 0.493 e. The fraction of sp³-hybridized carbons (Fsp3) is 0.600. The summed E-state index contributed by atoms with van der Waals surface area (Å²) in [5.41, 5.74) is 0.888. The van der Waals surface area contributed by atoms with Gasteiger partial charge in [-0.05, 0) is 56.4 Å². The van der Waals surface area contributed by atoms with Crippen molar-refractivity contribution < 1.29 is 19.1 Å². The van der Waals surface area contributed by atoms with Gasteiger partial charge in [0.2, 0.25) is 11.8 Å². The molecule has 1 aromatic rings. The Balaban J connectivity index is 1.48. The lowest BCUT2D eigenvalue weighted by atomic mass is 10.0. The summed E-state index contributed by atoms with van der Waals surface area (Å²) in [7, 11) is 1.61. The van der Waals surface area contributed by atoms with E-state index in [1.165, 1.54) is 6.42 Å². The molecule has 2 saturated heterocycles. The number of hydrogen-bond donors (Lipinski definition) is 0. The summed E-state index contributed by atoms with van der Waals surface area (Å²) in [6, 6.07) is 6.01. The summed E-state index contributed by atoms with van der Waals surface area (Å²) in [4.78, 5) is 31.3. The minimum absolute atomic E-state index is 0.00842. The number of rotatable bonds is 8. The first-order valence-corrected chi connectivity index (χ1v) is 11.8. The highest BCUT2D eigenvalue weighted by Gasteiger charge is 2.26. The zero-order chi connectivity index (χ0) is 22.9. The molecule has 3 rings (SSSR count). The first-order valence-electron chi connectivity index (χ1n) is 11.8. The van der Waals surface area contributed by atoms with Gasteiger partial charge in [-0.3, -0.25) is 14.5 Å². The van der Waals surface area contributed by atoms with Crippen molar-refractivity contribution in [2.24, 2.45) is 0 Å². The fourth-order valence-corrected chi connectivity index (χ4v) is 4.27. The Kier molecular flexibility index (Phi) is 8.97. The van der Waals surface area contributed by atoms with Crippen molar-refractivity contribution in [3.63, 3.8) is 0 Å². The van der Waals surface area contributed by atoms with Crippen molar-refractivity contribution in [2.45, 2.75) is 45.6 Å². The van der Waals surface area contributed by atoms with Gasteiger partial charge in [-0.2, -0.15) is 0 Å². The molecule has 0 N–H and O–H groups in total. The minimum atomic E-state index is -0.00842. The second-order valence-electron chi connectivity index (χ2n) is 8.63. The number of carbonyl (C=O) groups excluding carboxylic acids is 2. The lowest BCUT2D eigenvalue weighted by Crippen LogP contribution is -2.52. The number of carbonyl (C=O) groups is 2. The molecule has 32 heavy (non-hydrogen) atoms. The number of nitrogens with zero attached hydrogens (tertiary/aromatic N) is 3. The topological polar surface area (TPSA) is 62.3 Å². The summed E-state index contributed by atoms with van der Waals surface area (Å²) < 4.78 is 11.1. The Hall–Kier alpha value is -2.54. The molecule has 7 heteroatoms. The van der Waals surface area contributed by atoms with Crippen LogP contribution in [-0.2, 0) is 9.59 Å². The third-order valence-electron chi connectivity index (χ3n) is 6.23. The van der Waals surface area contributed by atoms with Crippen molar-refractivity contribution in [2.75, 3.05) is 53.0 Å². The van der Waals surface area contributed by atoms with E-state index in [0.717, 1.165) is 44.5 Å². The number of likely N-dealkylation sites (tertiary alicyclic amines) is 1. The van der Waals surface area contributed by atoms with Crippen LogP contribution >= 0.6 is 0 Å². The van der Waals surface area contributed by atoms with Crippen LogP contribution in [0.4, 0.5) is 0 Å². The first-order chi connectivity index (χ1) is 15.5. The summed E-state index contributed by atoms with van der Waals surface area (Å²) in [5.74, 6) is 1.58.